The van der Waals surface area contributed by atoms with E-state index in [0.717, 1.165) is 35.5 Å². The molecule has 4 rings (SSSR count). The Labute approximate surface area is 115 Å². The summed E-state index contributed by atoms with van der Waals surface area (Å²) in [5.41, 5.74) is 8.69. The Kier molecular flexibility index (Phi) is 2.48. The Bertz CT molecular complexity index is 742. The van der Waals surface area contributed by atoms with Gasteiger partial charge in [-0.1, -0.05) is 5.16 Å². The monoisotopic (exact) mass is 269 g/mol. The summed E-state index contributed by atoms with van der Waals surface area (Å²) in [5, 5.41) is 3.64. The molecule has 0 aliphatic heterocycles. The molecule has 0 saturated heterocycles. The number of fused-ring (bicyclic) bond motifs is 1. The van der Waals surface area contributed by atoms with Crippen LogP contribution in [0.4, 0.5) is 5.69 Å². The molecule has 0 amide bonds. The van der Waals surface area contributed by atoms with Gasteiger partial charge in [-0.25, -0.2) is 4.98 Å². The molecule has 2 heterocycles. The maximum absolute atomic E-state index is 5.84. The maximum Gasteiger partial charge on any atom is 0.228 e. The number of benzene rings is 1. The standard InChI is InChI=1S/C14H15N5O/c15-10-3-4-12-11(7-10)18-14(9-1-2-9)19(12)6-5-13-16-8-17-20-13/h3-4,7-9H,1-2,5-6,15H2. The van der Waals surface area contributed by atoms with Crippen molar-refractivity contribution in [3.63, 3.8) is 0 Å². The number of anilines is 1. The zero-order valence-corrected chi connectivity index (χ0v) is 11.0. The molecule has 20 heavy (non-hydrogen) atoms. The number of imidazole rings is 1. The minimum Gasteiger partial charge on any atom is -0.399 e. The lowest BCUT2D eigenvalue weighted by molar-refractivity contribution is 0.371. The minimum absolute atomic E-state index is 0.589. The molecule has 3 aromatic rings. The van der Waals surface area contributed by atoms with Crippen LogP contribution in [0.1, 0.15) is 30.5 Å². The van der Waals surface area contributed by atoms with Gasteiger partial charge in [0, 0.05) is 24.6 Å². The fraction of sp³-hybridized carbons (Fsp3) is 0.357. The SMILES string of the molecule is Nc1ccc2c(c1)nc(C1CC1)n2CCc1ncno1. The molecule has 0 radical (unpaired) electrons. The lowest BCUT2D eigenvalue weighted by atomic mass is 10.2. The van der Waals surface area contributed by atoms with Gasteiger partial charge in [0.25, 0.3) is 0 Å². The molecule has 1 aromatic carbocycles. The zero-order valence-electron chi connectivity index (χ0n) is 11.0. The van der Waals surface area contributed by atoms with Gasteiger partial charge in [0.1, 0.15) is 5.82 Å². The lowest BCUT2D eigenvalue weighted by Crippen LogP contribution is -2.05. The van der Waals surface area contributed by atoms with E-state index in [1.54, 1.807) is 0 Å². The van der Waals surface area contributed by atoms with Crippen molar-refractivity contribution >= 4 is 16.7 Å². The van der Waals surface area contributed by atoms with Crippen LogP contribution < -0.4 is 5.73 Å². The van der Waals surface area contributed by atoms with E-state index in [4.69, 9.17) is 15.2 Å². The van der Waals surface area contributed by atoms with Gasteiger partial charge >= 0.3 is 0 Å². The number of nitrogens with two attached hydrogens (primary N) is 1. The second kappa shape index (κ2) is 4.33. The van der Waals surface area contributed by atoms with E-state index >= 15 is 0 Å². The van der Waals surface area contributed by atoms with Gasteiger partial charge in [-0.3, -0.25) is 0 Å². The summed E-state index contributed by atoms with van der Waals surface area (Å²) in [6, 6.07) is 5.89. The average Bonchev–Trinajstić information content (AvgIpc) is 3.03. The van der Waals surface area contributed by atoms with E-state index in [-0.39, 0.29) is 0 Å². The minimum atomic E-state index is 0.589. The van der Waals surface area contributed by atoms with Gasteiger partial charge in [-0.2, -0.15) is 4.98 Å². The third-order valence-electron chi connectivity index (χ3n) is 3.70. The Hall–Kier alpha value is -2.37. The van der Waals surface area contributed by atoms with E-state index in [1.165, 1.54) is 19.2 Å². The van der Waals surface area contributed by atoms with E-state index < -0.39 is 0 Å². The maximum atomic E-state index is 5.84. The molecule has 1 aliphatic carbocycles. The molecule has 1 fully saturated rings. The van der Waals surface area contributed by atoms with Crippen LogP contribution in [0.5, 0.6) is 0 Å². The summed E-state index contributed by atoms with van der Waals surface area (Å²) in [4.78, 5) is 8.82. The number of hydrogen-bond donors (Lipinski definition) is 1. The van der Waals surface area contributed by atoms with Crippen molar-refractivity contribution in [3.8, 4) is 0 Å². The number of nitrogen functional groups attached to an aromatic ring is 1. The molecule has 2 aromatic heterocycles. The summed E-state index contributed by atoms with van der Waals surface area (Å²) >= 11 is 0. The van der Waals surface area contributed by atoms with Gasteiger partial charge in [0.15, 0.2) is 6.33 Å². The average molecular weight is 269 g/mol. The smallest absolute Gasteiger partial charge is 0.228 e. The number of rotatable bonds is 4. The number of nitrogens with zero attached hydrogens (tertiary/aromatic N) is 4. The van der Waals surface area contributed by atoms with Crippen molar-refractivity contribution in [1.82, 2.24) is 19.7 Å². The van der Waals surface area contributed by atoms with Crippen molar-refractivity contribution in [3.05, 3.63) is 36.2 Å². The molecule has 0 unspecified atom stereocenters. The van der Waals surface area contributed by atoms with Crippen LogP contribution in [0.25, 0.3) is 11.0 Å². The highest BCUT2D eigenvalue weighted by atomic mass is 16.5. The third-order valence-corrected chi connectivity index (χ3v) is 3.70. The first-order chi connectivity index (χ1) is 9.81. The molecule has 0 bridgehead atoms. The largest absolute Gasteiger partial charge is 0.399 e. The molecule has 0 spiro atoms. The predicted octanol–water partition coefficient (Wildman–Crippen LogP) is 2.12. The second-order valence-corrected chi connectivity index (χ2v) is 5.23. The van der Waals surface area contributed by atoms with Crippen molar-refractivity contribution in [2.24, 2.45) is 0 Å². The highest BCUT2D eigenvalue weighted by Crippen LogP contribution is 2.40. The van der Waals surface area contributed by atoms with Crippen LogP contribution in [0.3, 0.4) is 0 Å². The molecular weight excluding hydrogens is 254 g/mol. The lowest BCUT2D eigenvalue weighted by Gasteiger charge is -2.06. The van der Waals surface area contributed by atoms with E-state index in [1.807, 2.05) is 18.2 Å². The van der Waals surface area contributed by atoms with Gasteiger partial charge in [0.2, 0.25) is 5.89 Å². The van der Waals surface area contributed by atoms with Crippen molar-refractivity contribution < 1.29 is 4.52 Å². The van der Waals surface area contributed by atoms with Crippen LogP contribution in [0.15, 0.2) is 29.0 Å². The summed E-state index contributed by atoms with van der Waals surface area (Å²) in [6.45, 7) is 0.800. The number of aryl methyl sites for hydroxylation is 2. The second-order valence-electron chi connectivity index (χ2n) is 5.23. The van der Waals surface area contributed by atoms with Crippen LogP contribution in [0.2, 0.25) is 0 Å². The zero-order chi connectivity index (χ0) is 13.5. The summed E-state index contributed by atoms with van der Waals surface area (Å²) in [7, 11) is 0. The molecular formula is C14H15N5O. The highest BCUT2D eigenvalue weighted by Gasteiger charge is 2.29. The highest BCUT2D eigenvalue weighted by molar-refractivity contribution is 5.79. The van der Waals surface area contributed by atoms with Gasteiger partial charge in [0.05, 0.1) is 11.0 Å². The van der Waals surface area contributed by atoms with Crippen LogP contribution in [0, 0.1) is 0 Å². The normalized spacial score (nSPS) is 15.0. The Morgan fingerprint density at radius 1 is 1.35 bits per heavy atom. The van der Waals surface area contributed by atoms with Crippen molar-refractivity contribution in [2.45, 2.75) is 31.7 Å². The van der Waals surface area contributed by atoms with Crippen molar-refractivity contribution in [2.75, 3.05) is 5.73 Å². The first-order valence-electron chi connectivity index (χ1n) is 6.82. The molecule has 102 valence electrons. The molecule has 1 aliphatic rings. The van der Waals surface area contributed by atoms with E-state index in [9.17, 15) is 0 Å². The summed E-state index contributed by atoms with van der Waals surface area (Å²) < 4.78 is 7.32. The topological polar surface area (TPSA) is 82.8 Å². The predicted molar refractivity (Wildman–Crippen MR) is 74.1 cm³/mol. The summed E-state index contributed by atoms with van der Waals surface area (Å²) in [6.07, 6.45) is 4.60. The Morgan fingerprint density at radius 3 is 3.00 bits per heavy atom. The quantitative estimate of drug-likeness (QED) is 0.733. The first-order valence-corrected chi connectivity index (χ1v) is 6.82. The Balaban J connectivity index is 1.73. The molecule has 6 heteroatoms. The van der Waals surface area contributed by atoms with Gasteiger partial charge < -0.3 is 14.8 Å². The molecule has 1 saturated carbocycles. The fourth-order valence-corrected chi connectivity index (χ4v) is 2.57. The van der Waals surface area contributed by atoms with E-state index in [0.29, 0.717) is 11.8 Å². The summed E-state index contributed by atoms with van der Waals surface area (Å²) in [5.74, 6) is 2.40. The van der Waals surface area contributed by atoms with Crippen LogP contribution >= 0.6 is 0 Å². The van der Waals surface area contributed by atoms with Crippen LogP contribution in [-0.4, -0.2) is 19.7 Å². The Morgan fingerprint density at radius 2 is 2.25 bits per heavy atom. The molecule has 2 N–H and O–H groups in total. The van der Waals surface area contributed by atoms with E-state index in [2.05, 4.69) is 14.7 Å². The van der Waals surface area contributed by atoms with Crippen molar-refractivity contribution in [1.29, 1.82) is 0 Å². The van der Waals surface area contributed by atoms with Gasteiger partial charge in [-0.05, 0) is 31.0 Å². The van der Waals surface area contributed by atoms with Crippen LogP contribution in [-0.2, 0) is 13.0 Å². The first kappa shape index (κ1) is 11.5. The molecule has 0 atom stereocenters. The number of hydrogen-bond acceptors (Lipinski definition) is 5. The fourth-order valence-electron chi connectivity index (χ4n) is 2.57. The third kappa shape index (κ3) is 1.93. The van der Waals surface area contributed by atoms with Gasteiger partial charge in [-0.15, -0.1) is 0 Å². The number of aromatic nitrogens is 4. The molecule has 6 nitrogen and oxygen atoms in total.